The molecule has 0 aliphatic heterocycles. The zero-order valence-corrected chi connectivity index (χ0v) is 15.1. The molecule has 148 valence electrons. The third-order valence-electron chi connectivity index (χ3n) is 5.51. The van der Waals surface area contributed by atoms with Gasteiger partial charge in [0.25, 0.3) is 0 Å². The number of rotatable bonds is 5. The molecule has 0 bridgehead atoms. The molecule has 2 aliphatic carbocycles. The molecule has 1 fully saturated rings. The van der Waals surface area contributed by atoms with Gasteiger partial charge in [-0.05, 0) is 48.1 Å². The highest BCUT2D eigenvalue weighted by molar-refractivity contribution is 5.75. The van der Waals surface area contributed by atoms with E-state index >= 15 is 0 Å². The van der Waals surface area contributed by atoms with Crippen molar-refractivity contribution in [1.82, 2.24) is 0 Å². The Bertz CT molecular complexity index is 922. The van der Waals surface area contributed by atoms with E-state index in [1.165, 1.54) is 13.2 Å². The third kappa shape index (κ3) is 3.30. The maximum atomic E-state index is 13.2. The smallest absolute Gasteiger partial charge is 0.416 e. The summed E-state index contributed by atoms with van der Waals surface area (Å²) < 4.78 is 51.0. The van der Waals surface area contributed by atoms with E-state index in [0.29, 0.717) is 41.9 Å². The largest absolute Gasteiger partial charge is 0.496 e. The predicted octanol–water partition coefficient (Wildman–Crippen LogP) is 4.97. The summed E-state index contributed by atoms with van der Waals surface area (Å²) in [5.41, 5.74) is 1.07. The van der Waals surface area contributed by atoms with E-state index in [0.717, 1.165) is 11.6 Å². The van der Waals surface area contributed by atoms with Crippen LogP contribution in [0.5, 0.6) is 11.5 Å². The third-order valence-corrected chi connectivity index (χ3v) is 5.51. The number of fused-ring (bicyclic) bond motifs is 1. The van der Waals surface area contributed by atoms with E-state index in [1.54, 1.807) is 24.3 Å². The second-order valence-corrected chi connectivity index (χ2v) is 7.21. The Hall–Kier alpha value is -2.70. The maximum Gasteiger partial charge on any atom is 0.416 e. The van der Waals surface area contributed by atoms with E-state index in [-0.39, 0.29) is 5.92 Å². The van der Waals surface area contributed by atoms with Gasteiger partial charge in [0.15, 0.2) is 0 Å². The van der Waals surface area contributed by atoms with Crippen LogP contribution in [0.2, 0.25) is 0 Å². The lowest BCUT2D eigenvalue weighted by molar-refractivity contribution is -0.139. The van der Waals surface area contributed by atoms with Crippen molar-refractivity contribution in [2.24, 2.45) is 5.92 Å². The standard InChI is InChI=1S/C21H19F3O4/c1-27-19-9-11(5-6-14(19)15-10-16(15)20(25)26)28-18-8-7-12-13(18)3-2-4-17(12)21(22,23)24/h2-6,9,15-16,18H,7-8,10H2,1H3,(H,25,26)/t15?,16?,18-/m1/s1. The van der Waals surface area contributed by atoms with E-state index in [4.69, 9.17) is 14.6 Å². The van der Waals surface area contributed by atoms with Crippen LogP contribution in [-0.4, -0.2) is 18.2 Å². The molecule has 1 N–H and O–H groups in total. The lowest BCUT2D eigenvalue weighted by Gasteiger charge is -2.18. The van der Waals surface area contributed by atoms with Gasteiger partial charge in [0.2, 0.25) is 0 Å². The van der Waals surface area contributed by atoms with Gasteiger partial charge in [0.05, 0.1) is 18.6 Å². The number of benzene rings is 2. The fraction of sp³-hybridized carbons (Fsp3) is 0.381. The Morgan fingerprint density at radius 1 is 1.18 bits per heavy atom. The molecule has 0 spiro atoms. The van der Waals surface area contributed by atoms with Gasteiger partial charge in [-0.25, -0.2) is 0 Å². The van der Waals surface area contributed by atoms with Crippen LogP contribution in [0, 0.1) is 5.92 Å². The number of ether oxygens (including phenoxy) is 2. The molecule has 2 aromatic carbocycles. The summed E-state index contributed by atoms with van der Waals surface area (Å²) in [5, 5.41) is 9.12. The summed E-state index contributed by atoms with van der Waals surface area (Å²) in [4.78, 5) is 11.1. The average molecular weight is 392 g/mol. The lowest BCUT2D eigenvalue weighted by Crippen LogP contribution is -2.09. The molecule has 4 nitrogen and oxygen atoms in total. The molecule has 1 saturated carbocycles. The molecule has 2 aliphatic rings. The molecule has 0 aromatic heterocycles. The quantitative estimate of drug-likeness (QED) is 0.781. The Kier molecular flexibility index (Phi) is 4.48. The van der Waals surface area contributed by atoms with Gasteiger partial charge in [-0.3, -0.25) is 4.79 Å². The number of aliphatic carboxylic acids is 1. The van der Waals surface area contributed by atoms with Gasteiger partial charge in [0.1, 0.15) is 17.6 Å². The highest BCUT2D eigenvalue weighted by atomic mass is 19.4. The summed E-state index contributed by atoms with van der Waals surface area (Å²) in [6.45, 7) is 0. The number of carbonyl (C=O) groups is 1. The highest BCUT2D eigenvalue weighted by Crippen LogP contribution is 2.51. The molecule has 0 heterocycles. The SMILES string of the molecule is COc1cc(O[C@@H]2CCc3c2cccc3C(F)(F)F)ccc1C1CC1C(=O)O. The number of hydrogen-bond donors (Lipinski definition) is 1. The van der Waals surface area contributed by atoms with Crippen molar-refractivity contribution in [3.63, 3.8) is 0 Å². The van der Waals surface area contributed by atoms with Crippen LogP contribution in [0.15, 0.2) is 36.4 Å². The van der Waals surface area contributed by atoms with Crippen LogP contribution < -0.4 is 9.47 Å². The second kappa shape index (κ2) is 6.72. The molecule has 0 saturated heterocycles. The Morgan fingerprint density at radius 2 is 1.96 bits per heavy atom. The van der Waals surface area contributed by atoms with Crippen molar-refractivity contribution >= 4 is 5.97 Å². The summed E-state index contributed by atoms with van der Waals surface area (Å²) in [5.74, 6) is -0.279. The molecule has 0 radical (unpaired) electrons. The van der Waals surface area contributed by atoms with Crippen molar-refractivity contribution in [3.05, 3.63) is 58.7 Å². The first-order valence-electron chi connectivity index (χ1n) is 9.06. The average Bonchev–Trinajstić information content (AvgIpc) is 3.36. The van der Waals surface area contributed by atoms with Crippen molar-refractivity contribution in [1.29, 1.82) is 0 Å². The van der Waals surface area contributed by atoms with E-state index in [1.807, 2.05) is 0 Å². The molecule has 7 heteroatoms. The van der Waals surface area contributed by atoms with Gasteiger partial charge < -0.3 is 14.6 Å². The molecule has 2 aromatic rings. The first-order chi connectivity index (χ1) is 13.3. The summed E-state index contributed by atoms with van der Waals surface area (Å²) in [7, 11) is 1.50. The van der Waals surface area contributed by atoms with Gasteiger partial charge in [0, 0.05) is 12.0 Å². The Labute approximate surface area is 159 Å². The van der Waals surface area contributed by atoms with Crippen LogP contribution in [0.25, 0.3) is 0 Å². The normalized spacial score (nSPS) is 23.2. The molecular formula is C21H19F3O4. The van der Waals surface area contributed by atoms with Gasteiger partial charge in [-0.1, -0.05) is 18.2 Å². The van der Waals surface area contributed by atoms with Crippen molar-refractivity contribution in [2.45, 2.75) is 37.5 Å². The fourth-order valence-electron chi connectivity index (χ4n) is 4.05. The molecule has 2 unspecified atom stereocenters. The number of carboxylic acid groups (broad SMARTS) is 1. The minimum Gasteiger partial charge on any atom is -0.496 e. The Morgan fingerprint density at radius 3 is 2.61 bits per heavy atom. The summed E-state index contributed by atoms with van der Waals surface area (Å²) >= 11 is 0. The van der Waals surface area contributed by atoms with Gasteiger partial charge in [-0.15, -0.1) is 0 Å². The zero-order valence-electron chi connectivity index (χ0n) is 15.1. The monoisotopic (exact) mass is 392 g/mol. The first-order valence-corrected chi connectivity index (χ1v) is 9.06. The van der Waals surface area contributed by atoms with E-state index in [9.17, 15) is 18.0 Å². The number of halogens is 3. The van der Waals surface area contributed by atoms with Crippen LogP contribution in [-0.2, 0) is 17.4 Å². The van der Waals surface area contributed by atoms with Gasteiger partial charge >= 0.3 is 12.1 Å². The summed E-state index contributed by atoms with van der Waals surface area (Å²) in [6, 6.07) is 9.37. The molecule has 4 rings (SSSR count). The van der Waals surface area contributed by atoms with Gasteiger partial charge in [-0.2, -0.15) is 13.2 Å². The highest BCUT2D eigenvalue weighted by Gasteiger charge is 2.45. The number of alkyl halides is 3. The summed E-state index contributed by atoms with van der Waals surface area (Å²) in [6.07, 6.45) is -3.48. The number of carboxylic acids is 1. The maximum absolute atomic E-state index is 13.2. The number of hydrogen-bond acceptors (Lipinski definition) is 3. The topological polar surface area (TPSA) is 55.8 Å². The number of methoxy groups -OCH3 is 1. The molecule has 28 heavy (non-hydrogen) atoms. The molecular weight excluding hydrogens is 373 g/mol. The van der Waals surface area contributed by atoms with Crippen LogP contribution in [0.4, 0.5) is 13.2 Å². The fourth-order valence-corrected chi connectivity index (χ4v) is 4.05. The van der Waals surface area contributed by atoms with Crippen LogP contribution >= 0.6 is 0 Å². The zero-order chi connectivity index (χ0) is 20.1. The van der Waals surface area contributed by atoms with E-state index < -0.39 is 29.7 Å². The second-order valence-electron chi connectivity index (χ2n) is 7.21. The Balaban J connectivity index is 1.56. The van der Waals surface area contributed by atoms with Crippen molar-refractivity contribution < 1.29 is 32.5 Å². The van der Waals surface area contributed by atoms with Crippen LogP contribution in [0.1, 0.15) is 47.1 Å². The minimum absolute atomic E-state index is 0.0805. The van der Waals surface area contributed by atoms with E-state index in [2.05, 4.69) is 0 Å². The van der Waals surface area contributed by atoms with Crippen molar-refractivity contribution in [3.8, 4) is 11.5 Å². The molecule has 3 atom stereocenters. The minimum atomic E-state index is -4.38. The predicted molar refractivity (Wildman–Crippen MR) is 94.6 cm³/mol. The first kappa shape index (κ1) is 18.7. The lowest BCUT2D eigenvalue weighted by atomic mass is 10.0. The van der Waals surface area contributed by atoms with Crippen molar-refractivity contribution in [2.75, 3.05) is 7.11 Å². The molecule has 0 amide bonds. The van der Waals surface area contributed by atoms with Crippen LogP contribution in [0.3, 0.4) is 0 Å².